The standard InChI is InChI=1S/C46H93NO3/c1-3-5-7-9-11-13-15-16-17-18-19-20-21-22-23-24-25-26-27-28-29-30-32-34-36-38-40-42-46(50)47-44(43-48)45(49)41-39-37-35-33-31-14-12-10-8-6-4-2/h44-45,48-49H,3-43H2,1-2H3,(H,47,50). The lowest BCUT2D eigenvalue weighted by Gasteiger charge is -2.22. The fraction of sp³-hybridized carbons (Fsp3) is 0.978. The third-order valence-electron chi connectivity index (χ3n) is 11.1. The molecule has 300 valence electrons. The molecule has 2 unspecified atom stereocenters. The predicted octanol–water partition coefficient (Wildman–Crippen LogP) is 14.5. The summed E-state index contributed by atoms with van der Waals surface area (Å²) in [7, 11) is 0. The number of carbonyl (C=O) groups is 1. The molecule has 0 spiro atoms. The van der Waals surface area contributed by atoms with Crippen molar-refractivity contribution < 1.29 is 15.0 Å². The summed E-state index contributed by atoms with van der Waals surface area (Å²) in [6.07, 6.45) is 52.0. The number of carbonyl (C=O) groups excluding carboxylic acids is 1. The molecule has 0 aromatic rings. The van der Waals surface area contributed by atoms with Crippen molar-refractivity contribution >= 4 is 5.91 Å². The second kappa shape index (κ2) is 42.8. The van der Waals surface area contributed by atoms with E-state index in [1.807, 2.05) is 0 Å². The zero-order valence-electron chi connectivity index (χ0n) is 34.4. The summed E-state index contributed by atoms with van der Waals surface area (Å²) in [5, 5.41) is 23.1. The van der Waals surface area contributed by atoms with Crippen LogP contribution in [-0.2, 0) is 4.79 Å². The molecular weight excluding hydrogens is 615 g/mol. The van der Waals surface area contributed by atoms with E-state index in [2.05, 4.69) is 19.2 Å². The maximum absolute atomic E-state index is 12.4. The van der Waals surface area contributed by atoms with Gasteiger partial charge in [0.2, 0.25) is 5.91 Å². The first-order valence-electron chi connectivity index (χ1n) is 23.2. The molecule has 0 radical (unpaired) electrons. The molecule has 0 saturated carbocycles. The number of nitrogens with one attached hydrogen (secondary N) is 1. The molecule has 2 atom stereocenters. The summed E-state index contributed by atoms with van der Waals surface area (Å²) < 4.78 is 0. The summed E-state index contributed by atoms with van der Waals surface area (Å²) in [5.74, 6) is -0.0263. The zero-order chi connectivity index (χ0) is 36.4. The minimum atomic E-state index is -0.652. The molecule has 0 aliphatic carbocycles. The molecule has 4 nitrogen and oxygen atoms in total. The van der Waals surface area contributed by atoms with Gasteiger partial charge in [-0.05, 0) is 12.8 Å². The summed E-state index contributed by atoms with van der Waals surface area (Å²) in [5.41, 5.74) is 0. The van der Waals surface area contributed by atoms with Gasteiger partial charge in [-0.1, -0.05) is 251 Å². The van der Waals surface area contributed by atoms with Crippen molar-refractivity contribution in [2.24, 2.45) is 0 Å². The Morgan fingerprint density at radius 1 is 0.400 bits per heavy atom. The van der Waals surface area contributed by atoms with Crippen LogP contribution < -0.4 is 5.32 Å². The number of unbranched alkanes of at least 4 members (excludes halogenated alkanes) is 36. The maximum Gasteiger partial charge on any atom is 0.220 e. The van der Waals surface area contributed by atoms with Gasteiger partial charge in [-0.3, -0.25) is 4.79 Å². The maximum atomic E-state index is 12.4. The van der Waals surface area contributed by atoms with Crippen molar-refractivity contribution in [3.63, 3.8) is 0 Å². The highest BCUT2D eigenvalue weighted by Crippen LogP contribution is 2.17. The van der Waals surface area contributed by atoms with E-state index in [1.54, 1.807) is 0 Å². The lowest BCUT2D eigenvalue weighted by Crippen LogP contribution is -2.45. The van der Waals surface area contributed by atoms with Crippen molar-refractivity contribution in [1.29, 1.82) is 0 Å². The van der Waals surface area contributed by atoms with E-state index in [-0.39, 0.29) is 12.5 Å². The molecule has 0 aliphatic rings. The predicted molar refractivity (Wildman–Crippen MR) is 221 cm³/mol. The van der Waals surface area contributed by atoms with Gasteiger partial charge in [0.15, 0.2) is 0 Å². The first-order valence-corrected chi connectivity index (χ1v) is 23.2. The smallest absolute Gasteiger partial charge is 0.220 e. The molecule has 0 aliphatic heterocycles. The van der Waals surface area contributed by atoms with Gasteiger partial charge in [0, 0.05) is 6.42 Å². The Morgan fingerprint density at radius 2 is 0.640 bits per heavy atom. The average Bonchev–Trinajstić information content (AvgIpc) is 3.12. The van der Waals surface area contributed by atoms with Crippen LogP contribution in [0.25, 0.3) is 0 Å². The van der Waals surface area contributed by atoms with E-state index in [9.17, 15) is 15.0 Å². The number of amides is 1. The Balaban J connectivity index is 3.38. The summed E-state index contributed by atoms with van der Waals surface area (Å²) in [4.78, 5) is 12.4. The van der Waals surface area contributed by atoms with Crippen molar-refractivity contribution in [3.8, 4) is 0 Å². The molecule has 0 aromatic heterocycles. The number of hydrogen-bond acceptors (Lipinski definition) is 3. The molecule has 1 amide bonds. The minimum absolute atomic E-state index is 0.0263. The number of aliphatic hydroxyl groups is 2. The van der Waals surface area contributed by atoms with Gasteiger partial charge >= 0.3 is 0 Å². The molecule has 50 heavy (non-hydrogen) atoms. The molecule has 0 heterocycles. The van der Waals surface area contributed by atoms with Crippen molar-refractivity contribution in [2.45, 2.75) is 283 Å². The van der Waals surface area contributed by atoms with Crippen LogP contribution in [0.4, 0.5) is 0 Å². The van der Waals surface area contributed by atoms with E-state index in [0.717, 1.165) is 25.7 Å². The summed E-state index contributed by atoms with van der Waals surface area (Å²) >= 11 is 0. The van der Waals surface area contributed by atoms with Crippen LogP contribution in [0.5, 0.6) is 0 Å². The number of hydrogen-bond donors (Lipinski definition) is 3. The number of rotatable bonds is 43. The van der Waals surface area contributed by atoms with Gasteiger partial charge in [0.05, 0.1) is 18.8 Å². The lowest BCUT2D eigenvalue weighted by molar-refractivity contribution is -0.123. The van der Waals surface area contributed by atoms with Crippen molar-refractivity contribution in [1.82, 2.24) is 5.32 Å². The highest BCUT2D eigenvalue weighted by molar-refractivity contribution is 5.76. The van der Waals surface area contributed by atoms with Crippen molar-refractivity contribution in [2.75, 3.05) is 6.61 Å². The molecule has 4 heteroatoms. The first-order chi connectivity index (χ1) is 24.7. The Morgan fingerprint density at radius 3 is 0.900 bits per heavy atom. The zero-order valence-corrected chi connectivity index (χ0v) is 34.4. The largest absolute Gasteiger partial charge is 0.394 e. The van der Waals surface area contributed by atoms with E-state index in [0.29, 0.717) is 12.8 Å². The summed E-state index contributed by atoms with van der Waals surface area (Å²) in [6.45, 7) is 4.37. The summed E-state index contributed by atoms with van der Waals surface area (Å²) in [6, 6.07) is -0.528. The van der Waals surface area contributed by atoms with E-state index < -0.39 is 12.1 Å². The third kappa shape index (κ3) is 38.6. The lowest BCUT2D eigenvalue weighted by atomic mass is 10.0. The fourth-order valence-electron chi connectivity index (χ4n) is 7.54. The van der Waals surface area contributed by atoms with Crippen LogP contribution in [0.3, 0.4) is 0 Å². The Kier molecular flexibility index (Phi) is 42.3. The normalized spacial score (nSPS) is 12.8. The highest BCUT2D eigenvalue weighted by atomic mass is 16.3. The molecule has 0 fully saturated rings. The SMILES string of the molecule is CCCCCCCCCCCCCCCCCCCCCCCCCCCCCC(=O)NC(CO)C(O)CCCCCCCCCCCCC. The third-order valence-corrected chi connectivity index (χ3v) is 11.1. The topological polar surface area (TPSA) is 69.6 Å². The van der Waals surface area contributed by atoms with Gasteiger partial charge in [0.1, 0.15) is 0 Å². The molecule has 0 bridgehead atoms. The van der Waals surface area contributed by atoms with Gasteiger partial charge < -0.3 is 15.5 Å². The molecule has 0 saturated heterocycles. The monoisotopic (exact) mass is 708 g/mol. The van der Waals surface area contributed by atoms with Gasteiger partial charge in [-0.25, -0.2) is 0 Å². The van der Waals surface area contributed by atoms with Crippen LogP contribution in [0.1, 0.15) is 271 Å². The molecule has 0 rings (SSSR count). The van der Waals surface area contributed by atoms with Gasteiger partial charge in [-0.2, -0.15) is 0 Å². The number of aliphatic hydroxyl groups excluding tert-OH is 2. The van der Waals surface area contributed by atoms with E-state index in [1.165, 1.54) is 218 Å². The van der Waals surface area contributed by atoms with Crippen LogP contribution in [0.2, 0.25) is 0 Å². The highest BCUT2D eigenvalue weighted by Gasteiger charge is 2.20. The van der Waals surface area contributed by atoms with Gasteiger partial charge in [-0.15, -0.1) is 0 Å². The van der Waals surface area contributed by atoms with Gasteiger partial charge in [0.25, 0.3) is 0 Å². The van der Waals surface area contributed by atoms with E-state index in [4.69, 9.17) is 0 Å². The van der Waals surface area contributed by atoms with Crippen LogP contribution in [-0.4, -0.2) is 34.9 Å². The Hall–Kier alpha value is -0.610. The quantitative estimate of drug-likeness (QED) is 0.0553. The second-order valence-electron chi connectivity index (χ2n) is 16.2. The average molecular weight is 708 g/mol. The minimum Gasteiger partial charge on any atom is -0.394 e. The van der Waals surface area contributed by atoms with Crippen LogP contribution in [0, 0.1) is 0 Å². The Bertz CT molecular complexity index is 641. The second-order valence-corrected chi connectivity index (χ2v) is 16.2. The Labute approximate surface area is 314 Å². The van der Waals surface area contributed by atoms with Crippen molar-refractivity contribution in [3.05, 3.63) is 0 Å². The fourth-order valence-corrected chi connectivity index (χ4v) is 7.54. The molecular formula is C46H93NO3. The molecule has 3 N–H and O–H groups in total. The first kappa shape index (κ1) is 49.4. The van der Waals surface area contributed by atoms with Crippen LogP contribution in [0.15, 0.2) is 0 Å². The van der Waals surface area contributed by atoms with Crippen LogP contribution >= 0.6 is 0 Å². The van der Waals surface area contributed by atoms with E-state index >= 15 is 0 Å². The molecule has 0 aromatic carbocycles.